The normalized spacial score (nSPS) is 15.0. The molecule has 0 spiro atoms. The van der Waals surface area contributed by atoms with Gasteiger partial charge in [-0.05, 0) is 38.2 Å². The summed E-state index contributed by atoms with van der Waals surface area (Å²) < 4.78 is 0. The van der Waals surface area contributed by atoms with Crippen molar-refractivity contribution in [1.29, 1.82) is 0 Å². The summed E-state index contributed by atoms with van der Waals surface area (Å²) in [6.45, 7) is 1.42. The highest BCUT2D eigenvalue weighted by Crippen LogP contribution is 2.05. The lowest BCUT2D eigenvalue weighted by Gasteiger charge is -2.26. The number of nitrogens with zero attached hydrogens (tertiary/aromatic N) is 1. The maximum Gasteiger partial charge on any atom is 0.326 e. The molecule has 0 fully saturated rings. The van der Waals surface area contributed by atoms with E-state index in [2.05, 4.69) is 20.9 Å². The first-order chi connectivity index (χ1) is 16.3. The van der Waals surface area contributed by atoms with Crippen LogP contribution in [0.25, 0.3) is 0 Å². The van der Waals surface area contributed by atoms with E-state index >= 15 is 0 Å². The molecular weight excluding hydrogens is 486 g/mol. The Morgan fingerprint density at radius 2 is 1.54 bits per heavy atom. The summed E-state index contributed by atoms with van der Waals surface area (Å²) in [6.07, 6.45) is 0.0395. The highest BCUT2D eigenvalue weighted by molar-refractivity contribution is 7.98. The Hall–Kier alpha value is -3.11. The molecule has 15 nitrogen and oxygen atoms in total. The fraction of sp³-hybridized carbons (Fsp3) is 0.684. The number of thioether (sulfide) groups is 1. The SMILES string of the molecule is CSCCC(NC(=O)C(CC(=O)O)NC(=O)C(NC(=O)C(N)CCCN=C(N)N)C(C)O)C(=O)O. The van der Waals surface area contributed by atoms with Crippen LogP contribution < -0.4 is 33.2 Å². The number of aliphatic imine (C=N–C) groups is 1. The van der Waals surface area contributed by atoms with Crippen molar-refractivity contribution in [2.24, 2.45) is 22.2 Å². The summed E-state index contributed by atoms with van der Waals surface area (Å²) in [5.41, 5.74) is 16.2. The third-order valence-corrected chi connectivity index (χ3v) is 5.25. The maximum absolute atomic E-state index is 12.7. The molecule has 5 atom stereocenters. The third kappa shape index (κ3) is 13.4. The topological polar surface area (TPSA) is 273 Å². The van der Waals surface area contributed by atoms with Gasteiger partial charge in [0.2, 0.25) is 17.7 Å². The van der Waals surface area contributed by atoms with Crippen molar-refractivity contribution in [3.8, 4) is 0 Å². The summed E-state index contributed by atoms with van der Waals surface area (Å²) in [7, 11) is 0. The molecule has 0 rings (SSSR count). The molecule has 0 radical (unpaired) electrons. The van der Waals surface area contributed by atoms with Gasteiger partial charge in [0.05, 0.1) is 18.6 Å². The van der Waals surface area contributed by atoms with Crippen molar-refractivity contribution in [3.05, 3.63) is 0 Å². The van der Waals surface area contributed by atoms with Crippen molar-refractivity contribution in [3.63, 3.8) is 0 Å². The number of hydrogen-bond donors (Lipinski definition) is 9. The monoisotopic (exact) mass is 521 g/mol. The van der Waals surface area contributed by atoms with Crippen molar-refractivity contribution in [2.45, 2.75) is 62.9 Å². The first-order valence-electron chi connectivity index (χ1n) is 10.6. The van der Waals surface area contributed by atoms with Crippen LogP contribution >= 0.6 is 11.8 Å². The Balaban J connectivity index is 5.30. The number of hydrogen-bond acceptors (Lipinski definition) is 9. The van der Waals surface area contributed by atoms with Crippen LogP contribution in [0.15, 0.2) is 4.99 Å². The lowest BCUT2D eigenvalue weighted by Crippen LogP contribution is -2.60. The smallest absolute Gasteiger partial charge is 0.326 e. The van der Waals surface area contributed by atoms with Gasteiger partial charge in [-0.2, -0.15) is 11.8 Å². The quantitative estimate of drug-likeness (QED) is 0.0512. The van der Waals surface area contributed by atoms with Crippen LogP contribution in [0, 0.1) is 0 Å². The van der Waals surface area contributed by atoms with E-state index in [1.165, 1.54) is 18.7 Å². The molecule has 0 aromatic heterocycles. The highest BCUT2D eigenvalue weighted by atomic mass is 32.2. The fourth-order valence-electron chi connectivity index (χ4n) is 2.73. The second-order valence-electron chi connectivity index (χ2n) is 7.62. The first kappa shape index (κ1) is 31.9. The molecule has 0 aliphatic heterocycles. The van der Waals surface area contributed by atoms with Crippen LogP contribution in [-0.2, 0) is 24.0 Å². The Bertz CT molecular complexity index is 776. The Morgan fingerprint density at radius 3 is 2.03 bits per heavy atom. The second-order valence-corrected chi connectivity index (χ2v) is 8.61. The van der Waals surface area contributed by atoms with E-state index in [-0.39, 0.29) is 25.3 Å². The molecule has 0 saturated carbocycles. The molecule has 0 saturated heterocycles. The van der Waals surface area contributed by atoms with Crippen LogP contribution in [-0.4, -0.2) is 99.8 Å². The second kappa shape index (κ2) is 16.5. The largest absolute Gasteiger partial charge is 0.481 e. The number of nitrogens with two attached hydrogens (primary N) is 3. The van der Waals surface area contributed by atoms with E-state index < -0.39 is 66.4 Å². The van der Waals surface area contributed by atoms with Crippen LogP contribution in [0.2, 0.25) is 0 Å². The van der Waals surface area contributed by atoms with Crippen LogP contribution in [0.5, 0.6) is 0 Å². The molecule has 16 heteroatoms. The molecule has 200 valence electrons. The number of aliphatic carboxylic acids is 2. The summed E-state index contributed by atoms with van der Waals surface area (Å²) >= 11 is 1.35. The number of aliphatic hydroxyl groups excluding tert-OH is 1. The lowest BCUT2D eigenvalue weighted by molar-refractivity contribution is -0.144. The summed E-state index contributed by atoms with van der Waals surface area (Å²) in [6, 6.07) is -5.60. The average molecular weight is 522 g/mol. The molecule has 0 heterocycles. The molecule has 12 N–H and O–H groups in total. The van der Waals surface area contributed by atoms with Crippen molar-refractivity contribution in [2.75, 3.05) is 18.6 Å². The number of carboxylic acids is 2. The highest BCUT2D eigenvalue weighted by Gasteiger charge is 2.33. The Kier molecular flexibility index (Phi) is 15.0. The van der Waals surface area contributed by atoms with Crippen molar-refractivity contribution >= 4 is 47.4 Å². The number of carbonyl (C=O) groups is 5. The van der Waals surface area contributed by atoms with Gasteiger partial charge in [0.1, 0.15) is 18.1 Å². The van der Waals surface area contributed by atoms with E-state index in [0.717, 1.165) is 0 Å². The Labute approximate surface area is 206 Å². The molecule has 35 heavy (non-hydrogen) atoms. The summed E-state index contributed by atoms with van der Waals surface area (Å²) in [5.74, 6) is -5.35. The Morgan fingerprint density at radius 1 is 0.943 bits per heavy atom. The van der Waals surface area contributed by atoms with Gasteiger partial charge < -0.3 is 48.5 Å². The number of aliphatic hydroxyl groups is 1. The summed E-state index contributed by atoms with van der Waals surface area (Å²) in [4.78, 5) is 64.0. The minimum absolute atomic E-state index is 0.0728. The van der Waals surface area contributed by atoms with Crippen LogP contribution in [0.3, 0.4) is 0 Å². The number of rotatable bonds is 17. The standard InChI is InChI=1S/C19H35N7O8S/c1-9(27)14(26-15(30)10(20)4-3-6-23-19(21)22)17(32)25-12(8-13(28)29)16(31)24-11(18(33)34)5-7-35-2/h9-12,14,27H,3-8,20H2,1-2H3,(H,24,31)(H,25,32)(H,26,30)(H,28,29)(H,33,34)(H4,21,22,23). The number of guanidine groups is 1. The maximum atomic E-state index is 12.7. The van der Waals surface area contributed by atoms with Gasteiger partial charge in [-0.1, -0.05) is 0 Å². The van der Waals surface area contributed by atoms with Gasteiger partial charge in [-0.25, -0.2) is 4.79 Å². The van der Waals surface area contributed by atoms with Gasteiger partial charge in [-0.15, -0.1) is 0 Å². The number of carboxylic acid groups (broad SMARTS) is 2. The van der Waals surface area contributed by atoms with Gasteiger partial charge >= 0.3 is 11.9 Å². The van der Waals surface area contributed by atoms with E-state index in [4.69, 9.17) is 22.3 Å². The molecule has 0 aliphatic carbocycles. The van der Waals surface area contributed by atoms with Crippen LogP contribution in [0.1, 0.15) is 32.6 Å². The zero-order chi connectivity index (χ0) is 27.1. The molecule has 0 bridgehead atoms. The van der Waals surface area contributed by atoms with Gasteiger partial charge in [-0.3, -0.25) is 24.2 Å². The predicted molar refractivity (Wildman–Crippen MR) is 128 cm³/mol. The molecule has 3 amide bonds. The van der Waals surface area contributed by atoms with E-state index in [1.807, 2.05) is 0 Å². The van der Waals surface area contributed by atoms with Gasteiger partial charge in [0.25, 0.3) is 0 Å². The third-order valence-electron chi connectivity index (χ3n) is 4.60. The zero-order valence-corrected chi connectivity index (χ0v) is 20.4. The molecule has 0 aromatic carbocycles. The minimum atomic E-state index is -1.66. The number of nitrogens with one attached hydrogen (secondary N) is 3. The van der Waals surface area contributed by atoms with Gasteiger partial charge in [0.15, 0.2) is 5.96 Å². The molecule has 0 aliphatic rings. The number of amides is 3. The molecular formula is C19H35N7O8S. The van der Waals surface area contributed by atoms with E-state index in [1.54, 1.807) is 6.26 Å². The first-order valence-corrected chi connectivity index (χ1v) is 12.0. The van der Waals surface area contributed by atoms with Crippen LogP contribution in [0.4, 0.5) is 0 Å². The lowest BCUT2D eigenvalue weighted by atomic mass is 10.1. The molecule has 5 unspecified atom stereocenters. The minimum Gasteiger partial charge on any atom is -0.481 e. The van der Waals surface area contributed by atoms with Gasteiger partial charge in [0, 0.05) is 6.54 Å². The fourth-order valence-corrected chi connectivity index (χ4v) is 3.20. The average Bonchev–Trinajstić information content (AvgIpc) is 2.75. The predicted octanol–water partition coefficient (Wildman–Crippen LogP) is -3.49. The number of carbonyl (C=O) groups excluding carboxylic acids is 3. The van der Waals surface area contributed by atoms with E-state index in [9.17, 15) is 34.2 Å². The molecule has 0 aromatic rings. The van der Waals surface area contributed by atoms with Crippen molar-refractivity contribution in [1.82, 2.24) is 16.0 Å². The van der Waals surface area contributed by atoms with E-state index in [0.29, 0.717) is 12.2 Å². The van der Waals surface area contributed by atoms with Crippen molar-refractivity contribution < 1.29 is 39.3 Å². The summed E-state index contributed by atoms with van der Waals surface area (Å²) in [5, 5.41) is 35.0. The zero-order valence-electron chi connectivity index (χ0n) is 19.6.